The van der Waals surface area contributed by atoms with Crippen molar-refractivity contribution in [3.05, 3.63) is 41.7 Å². The van der Waals surface area contributed by atoms with E-state index in [4.69, 9.17) is 0 Å². The molecule has 0 spiro atoms. The van der Waals surface area contributed by atoms with Gasteiger partial charge < -0.3 is 9.47 Å². The summed E-state index contributed by atoms with van der Waals surface area (Å²) in [6.45, 7) is 3.19. The van der Waals surface area contributed by atoms with Crippen molar-refractivity contribution in [1.29, 1.82) is 0 Å². The Kier molecular flexibility index (Phi) is 6.21. The van der Waals surface area contributed by atoms with Gasteiger partial charge in [-0.1, -0.05) is 42.1 Å². The van der Waals surface area contributed by atoms with Gasteiger partial charge in [0.2, 0.25) is 5.91 Å². The molecule has 1 aromatic heterocycles. The van der Waals surface area contributed by atoms with Gasteiger partial charge in [-0.2, -0.15) is 0 Å². The number of hydrogen-bond donors (Lipinski definition) is 0. The summed E-state index contributed by atoms with van der Waals surface area (Å²) in [5, 5.41) is 8.97. The van der Waals surface area contributed by atoms with Crippen molar-refractivity contribution in [3.8, 4) is 0 Å². The number of carbonyl (C=O) groups excluding carboxylic acids is 1. The summed E-state index contributed by atoms with van der Waals surface area (Å²) < 4.78 is 25.2. The number of thioether (sulfide) groups is 1. The number of nitrogens with zero attached hydrogens (tertiary/aromatic N) is 4. The van der Waals surface area contributed by atoms with E-state index in [0.717, 1.165) is 5.56 Å². The van der Waals surface area contributed by atoms with Gasteiger partial charge in [0.05, 0.1) is 17.3 Å². The molecule has 146 valence electrons. The van der Waals surface area contributed by atoms with Crippen LogP contribution in [0.3, 0.4) is 0 Å². The highest BCUT2D eigenvalue weighted by atomic mass is 32.2. The predicted molar refractivity (Wildman–Crippen MR) is 105 cm³/mol. The largest absolute Gasteiger partial charge is 0.338 e. The van der Waals surface area contributed by atoms with Crippen LogP contribution in [0.2, 0.25) is 0 Å². The van der Waals surface area contributed by atoms with E-state index in [1.807, 2.05) is 53.8 Å². The lowest BCUT2D eigenvalue weighted by Gasteiger charge is -2.20. The Morgan fingerprint density at radius 3 is 2.67 bits per heavy atom. The van der Waals surface area contributed by atoms with Gasteiger partial charge in [-0.15, -0.1) is 10.2 Å². The van der Waals surface area contributed by atoms with Crippen molar-refractivity contribution in [2.45, 2.75) is 31.0 Å². The maximum Gasteiger partial charge on any atom is 0.233 e. The van der Waals surface area contributed by atoms with Crippen LogP contribution in [0.4, 0.5) is 0 Å². The molecule has 1 unspecified atom stereocenters. The third-order valence-corrected chi connectivity index (χ3v) is 7.51. The molecule has 0 N–H and O–H groups in total. The first kappa shape index (κ1) is 19.9. The Bertz CT molecular complexity index is 897. The lowest BCUT2D eigenvalue weighted by atomic mass is 10.1. The Hall–Kier alpha value is -1.87. The van der Waals surface area contributed by atoms with Gasteiger partial charge in [0, 0.05) is 26.1 Å². The van der Waals surface area contributed by atoms with Crippen LogP contribution < -0.4 is 0 Å². The van der Waals surface area contributed by atoms with Crippen LogP contribution in [0.5, 0.6) is 0 Å². The third kappa shape index (κ3) is 4.90. The molecule has 1 amide bonds. The molecule has 2 heterocycles. The quantitative estimate of drug-likeness (QED) is 0.650. The molecular formula is C18H24N4O3S2. The molecule has 1 aliphatic rings. The smallest absolute Gasteiger partial charge is 0.233 e. The molecule has 9 heteroatoms. The van der Waals surface area contributed by atoms with Crippen LogP contribution in [-0.2, 0) is 28.2 Å². The Morgan fingerprint density at radius 2 is 2.04 bits per heavy atom. The maximum absolute atomic E-state index is 12.6. The van der Waals surface area contributed by atoms with E-state index in [-0.39, 0.29) is 29.1 Å². The summed E-state index contributed by atoms with van der Waals surface area (Å²) in [7, 11) is -1.14. The fourth-order valence-corrected chi connectivity index (χ4v) is 5.76. The van der Waals surface area contributed by atoms with Gasteiger partial charge in [-0.3, -0.25) is 4.79 Å². The SMILES string of the molecule is CCN(Cc1ccccc1)C(=O)CSc1nnc(C2CCS(=O)(=O)C2)n1C. The van der Waals surface area contributed by atoms with Crippen LogP contribution >= 0.6 is 11.8 Å². The van der Waals surface area contributed by atoms with Gasteiger partial charge >= 0.3 is 0 Å². The number of benzene rings is 1. The molecule has 0 aliphatic carbocycles. The molecule has 3 rings (SSSR count). The second-order valence-corrected chi connectivity index (χ2v) is 9.85. The molecule has 2 aromatic rings. The van der Waals surface area contributed by atoms with E-state index in [1.165, 1.54) is 11.8 Å². The van der Waals surface area contributed by atoms with Gasteiger partial charge in [0.25, 0.3) is 0 Å². The van der Waals surface area contributed by atoms with E-state index >= 15 is 0 Å². The molecule has 1 fully saturated rings. The summed E-state index contributed by atoms with van der Waals surface area (Å²) >= 11 is 1.34. The van der Waals surface area contributed by atoms with Gasteiger partial charge in [-0.05, 0) is 18.9 Å². The minimum Gasteiger partial charge on any atom is -0.338 e. The highest BCUT2D eigenvalue weighted by Gasteiger charge is 2.32. The summed E-state index contributed by atoms with van der Waals surface area (Å²) in [4.78, 5) is 14.4. The number of rotatable bonds is 7. The molecule has 1 aliphatic heterocycles. The Balaban J connectivity index is 1.60. The first-order valence-electron chi connectivity index (χ1n) is 8.94. The maximum atomic E-state index is 12.6. The Labute approximate surface area is 164 Å². The summed E-state index contributed by atoms with van der Waals surface area (Å²) in [5.74, 6) is 1.22. The van der Waals surface area contributed by atoms with E-state index < -0.39 is 9.84 Å². The van der Waals surface area contributed by atoms with E-state index in [2.05, 4.69) is 10.2 Å². The Morgan fingerprint density at radius 1 is 1.30 bits per heavy atom. The second kappa shape index (κ2) is 8.43. The predicted octanol–water partition coefficient (Wildman–Crippen LogP) is 1.86. The molecule has 7 nitrogen and oxygen atoms in total. The number of amides is 1. The highest BCUT2D eigenvalue weighted by molar-refractivity contribution is 7.99. The molecule has 1 saturated heterocycles. The van der Waals surface area contributed by atoms with Crippen LogP contribution in [0.25, 0.3) is 0 Å². The lowest BCUT2D eigenvalue weighted by Crippen LogP contribution is -2.31. The number of aromatic nitrogens is 3. The normalized spacial score (nSPS) is 18.5. The van der Waals surface area contributed by atoms with Gasteiger partial charge in [0.15, 0.2) is 15.0 Å². The molecule has 1 aromatic carbocycles. The monoisotopic (exact) mass is 408 g/mol. The number of sulfone groups is 1. The van der Waals surface area contributed by atoms with Crippen LogP contribution in [0.15, 0.2) is 35.5 Å². The zero-order valence-corrected chi connectivity index (χ0v) is 17.2. The molecule has 0 radical (unpaired) electrons. The number of carbonyl (C=O) groups is 1. The summed E-state index contributed by atoms with van der Waals surface area (Å²) in [5.41, 5.74) is 1.10. The first-order valence-corrected chi connectivity index (χ1v) is 11.7. The van der Waals surface area contributed by atoms with Crippen LogP contribution in [0, 0.1) is 0 Å². The summed E-state index contributed by atoms with van der Waals surface area (Å²) in [6, 6.07) is 9.90. The van der Waals surface area contributed by atoms with Gasteiger partial charge in [0.1, 0.15) is 5.82 Å². The van der Waals surface area contributed by atoms with E-state index in [9.17, 15) is 13.2 Å². The molecule has 0 bridgehead atoms. The topological polar surface area (TPSA) is 85.2 Å². The standard InChI is InChI=1S/C18H24N4O3S2/c1-3-22(11-14-7-5-4-6-8-14)16(23)12-26-18-20-19-17(21(18)2)15-9-10-27(24,25)13-15/h4-8,15H,3,9-13H2,1-2H3. The van der Waals surface area contributed by atoms with Crippen molar-refractivity contribution < 1.29 is 13.2 Å². The molecular weight excluding hydrogens is 384 g/mol. The van der Waals surface area contributed by atoms with E-state index in [1.54, 1.807) is 0 Å². The average Bonchev–Trinajstić information content (AvgIpc) is 3.20. The third-order valence-electron chi connectivity index (χ3n) is 4.74. The van der Waals surface area contributed by atoms with Crippen molar-refractivity contribution in [3.63, 3.8) is 0 Å². The van der Waals surface area contributed by atoms with Gasteiger partial charge in [-0.25, -0.2) is 8.42 Å². The minimum atomic E-state index is -2.97. The lowest BCUT2D eigenvalue weighted by molar-refractivity contribution is -0.128. The van der Waals surface area contributed by atoms with Crippen LogP contribution in [0.1, 0.15) is 30.7 Å². The fraction of sp³-hybridized carbons (Fsp3) is 0.500. The molecule has 0 saturated carbocycles. The van der Waals surface area contributed by atoms with Crippen molar-refractivity contribution >= 4 is 27.5 Å². The zero-order chi connectivity index (χ0) is 19.4. The minimum absolute atomic E-state index is 0.0411. The fourth-order valence-electron chi connectivity index (χ4n) is 3.20. The molecule has 27 heavy (non-hydrogen) atoms. The van der Waals surface area contributed by atoms with Crippen molar-refractivity contribution in [2.75, 3.05) is 23.8 Å². The first-order chi connectivity index (χ1) is 12.9. The van der Waals surface area contributed by atoms with Crippen LogP contribution in [-0.4, -0.2) is 57.8 Å². The second-order valence-electron chi connectivity index (χ2n) is 6.68. The highest BCUT2D eigenvalue weighted by Crippen LogP contribution is 2.29. The van der Waals surface area contributed by atoms with Crippen molar-refractivity contribution in [1.82, 2.24) is 19.7 Å². The average molecular weight is 409 g/mol. The van der Waals surface area contributed by atoms with E-state index in [0.29, 0.717) is 30.5 Å². The number of hydrogen-bond acceptors (Lipinski definition) is 6. The summed E-state index contributed by atoms with van der Waals surface area (Å²) in [6.07, 6.45) is 0.582. The van der Waals surface area contributed by atoms with Crippen molar-refractivity contribution in [2.24, 2.45) is 7.05 Å². The molecule has 1 atom stereocenters. The zero-order valence-electron chi connectivity index (χ0n) is 15.5.